The number of carbonyl (C=O) groups excluding carboxylic acids is 2. The summed E-state index contributed by atoms with van der Waals surface area (Å²) in [7, 11) is 0. The van der Waals surface area contributed by atoms with Crippen LogP contribution in [0.2, 0.25) is 0 Å². The highest BCUT2D eigenvalue weighted by molar-refractivity contribution is 5.96. The summed E-state index contributed by atoms with van der Waals surface area (Å²) in [5.41, 5.74) is 0.949. The molecule has 0 radical (unpaired) electrons. The third kappa shape index (κ3) is 4.12. The van der Waals surface area contributed by atoms with Crippen molar-refractivity contribution in [1.29, 1.82) is 0 Å². The summed E-state index contributed by atoms with van der Waals surface area (Å²) in [6.07, 6.45) is 3.24. The summed E-state index contributed by atoms with van der Waals surface area (Å²) in [4.78, 5) is 27.0. The lowest BCUT2D eigenvalue weighted by Crippen LogP contribution is -2.47. The van der Waals surface area contributed by atoms with Gasteiger partial charge < -0.3 is 19.4 Å². The summed E-state index contributed by atoms with van der Waals surface area (Å²) in [6, 6.07) is 14.9. The molecular weight excluding hydrogens is 411 g/mol. The maximum Gasteiger partial charge on any atom is 0.287 e. The second-order valence-electron chi connectivity index (χ2n) is 8.62. The van der Waals surface area contributed by atoms with Crippen LogP contribution in [0.15, 0.2) is 59.0 Å². The summed E-state index contributed by atoms with van der Waals surface area (Å²) >= 11 is 0. The molecule has 0 saturated carbocycles. The normalized spacial score (nSPS) is 20.0. The first kappa shape index (κ1) is 20.7. The Labute approximate surface area is 185 Å². The molecule has 2 saturated heterocycles. The number of nitrogens with zero attached hydrogens (tertiary/aromatic N) is 1. The van der Waals surface area contributed by atoms with E-state index < -0.39 is 0 Å². The van der Waals surface area contributed by atoms with E-state index >= 15 is 0 Å². The molecule has 1 spiro atoms. The number of amides is 2. The molecule has 5 rings (SSSR count). The van der Waals surface area contributed by atoms with Crippen LogP contribution in [0, 0.1) is 5.82 Å². The predicted octanol–water partition coefficient (Wildman–Crippen LogP) is 4.16. The van der Waals surface area contributed by atoms with Gasteiger partial charge in [0.05, 0.1) is 11.7 Å². The van der Waals surface area contributed by atoms with Gasteiger partial charge in [-0.15, -0.1) is 0 Å². The fourth-order valence-corrected chi connectivity index (χ4v) is 4.69. The van der Waals surface area contributed by atoms with Gasteiger partial charge in [-0.1, -0.05) is 18.2 Å². The van der Waals surface area contributed by atoms with Crippen molar-refractivity contribution >= 4 is 22.8 Å². The monoisotopic (exact) mass is 436 g/mol. The number of likely N-dealkylation sites (tertiary alicyclic amines) is 1. The number of para-hydroxylation sites is 1. The van der Waals surface area contributed by atoms with Crippen molar-refractivity contribution in [2.24, 2.45) is 0 Å². The van der Waals surface area contributed by atoms with Gasteiger partial charge in [0.1, 0.15) is 11.4 Å². The van der Waals surface area contributed by atoms with E-state index in [2.05, 4.69) is 5.32 Å². The number of hydrogen-bond acceptors (Lipinski definition) is 4. The third-order valence-electron chi connectivity index (χ3n) is 6.53. The molecule has 2 amide bonds. The van der Waals surface area contributed by atoms with Gasteiger partial charge in [-0.3, -0.25) is 9.59 Å². The van der Waals surface area contributed by atoms with Gasteiger partial charge >= 0.3 is 0 Å². The molecule has 2 aliphatic heterocycles. The molecule has 7 heteroatoms. The van der Waals surface area contributed by atoms with Crippen LogP contribution in [-0.4, -0.2) is 48.1 Å². The first-order chi connectivity index (χ1) is 15.5. The largest absolute Gasteiger partial charge is 0.451 e. The van der Waals surface area contributed by atoms with Crippen LogP contribution < -0.4 is 5.32 Å². The predicted molar refractivity (Wildman–Crippen MR) is 117 cm³/mol. The number of rotatable bonds is 4. The minimum Gasteiger partial charge on any atom is -0.451 e. The van der Waals surface area contributed by atoms with Crippen molar-refractivity contribution in [1.82, 2.24) is 10.2 Å². The van der Waals surface area contributed by atoms with Crippen LogP contribution in [0.4, 0.5) is 4.39 Å². The molecule has 1 unspecified atom stereocenters. The quantitative estimate of drug-likeness (QED) is 0.667. The molecule has 2 aromatic carbocycles. The van der Waals surface area contributed by atoms with Crippen LogP contribution in [0.25, 0.3) is 11.0 Å². The maximum atomic E-state index is 13.1. The molecule has 166 valence electrons. The molecule has 1 N–H and O–H groups in total. The summed E-state index contributed by atoms with van der Waals surface area (Å²) in [6.45, 7) is 1.64. The maximum absolute atomic E-state index is 13.1. The number of benzene rings is 2. The van der Waals surface area contributed by atoms with Crippen molar-refractivity contribution < 1.29 is 23.1 Å². The number of furan rings is 1. The number of nitrogens with one attached hydrogen (secondary N) is 1. The molecule has 6 nitrogen and oxygen atoms in total. The highest BCUT2D eigenvalue weighted by atomic mass is 19.1. The molecule has 0 aliphatic carbocycles. The zero-order chi connectivity index (χ0) is 22.1. The Morgan fingerprint density at radius 3 is 2.56 bits per heavy atom. The van der Waals surface area contributed by atoms with E-state index in [4.69, 9.17) is 9.15 Å². The van der Waals surface area contributed by atoms with Crippen LogP contribution in [0.3, 0.4) is 0 Å². The molecular formula is C25H25FN2O4. The number of hydrogen-bond donors (Lipinski definition) is 1. The SMILES string of the molecule is O=C(NCC1CCC2(CCN(C(=O)c3ccc(F)cc3)CC2)O1)c1cc2ccccc2o1. The first-order valence-electron chi connectivity index (χ1n) is 11.0. The molecule has 2 fully saturated rings. The Bertz CT molecular complexity index is 1100. The standard InChI is InChI=1S/C25H25FN2O4/c26-19-7-5-17(6-8-19)24(30)28-13-11-25(12-14-28)10-9-20(32-25)16-27-23(29)22-15-18-3-1-2-4-21(18)31-22/h1-8,15,20H,9-14,16H2,(H,27,29). The summed E-state index contributed by atoms with van der Waals surface area (Å²) in [5.74, 6) is -0.374. The number of ether oxygens (including phenoxy) is 1. The number of halogens is 1. The van der Waals surface area contributed by atoms with E-state index in [0.717, 1.165) is 31.1 Å². The van der Waals surface area contributed by atoms with Crippen molar-refractivity contribution in [3.63, 3.8) is 0 Å². The average Bonchev–Trinajstić information content (AvgIpc) is 3.42. The number of fused-ring (bicyclic) bond motifs is 1. The zero-order valence-electron chi connectivity index (χ0n) is 17.7. The van der Waals surface area contributed by atoms with Crippen molar-refractivity contribution in [3.8, 4) is 0 Å². The van der Waals surface area contributed by atoms with E-state index in [1.807, 2.05) is 24.3 Å². The lowest BCUT2D eigenvalue weighted by molar-refractivity contribution is -0.0712. The van der Waals surface area contributed by atoms with Gasteiger partial charge in [0.25, 0.3) is 11.8 Å². The highest BCUT2D eigenvalue weighted by Crippen LogP contribution is 2.39. The van der Waals surface area contributed by atoms with Gasteiger partial charge in [-0.25, -0.2) is 4.39 Å². The van der Waals surface area contributed by atoms with Crippen molar-refractivity contribution in [2.75, 3.05) is 19.6 Å². The Kier molecular flexibility index (Phi) is 5.43. The van der Waals surface area contributed by atoms with E-state index in [-0.39, 0.29) is 29.3 Å². The van der Waals surface area contributed by atoms with Crippen LogP contribution >= 0.6 is 0 Å². The molecule has 1 aromatic heterocycles. The van der Waals surface area contributed by atoms with Gasteiger partial charge in [-0.2, -0.15) is 0 Å². The fraction of sp³-hybridized carbons (Fsp3) is 0.360. The molecule has 3 heterocycles. The van der Waals surface area contributed by atoms with Crippen molar-refractivity contribution in [3.05, 3.63) is 71.7 Å². The number of carbonyl (C=O) groups is 2. The summed E-state index contributed by atoms with van der Waals surface area (Å²) < 4.78 is 25.1. The van der Waals surface area contributed by atoms with Crippen LogP contribution in [0.5, 0.6) is 0 Å². The lowest BCUT2D eigenvalue weighted by Gasteiger charge is -2.39. The fourth-order valence-electron chi connectivity index (χ4n) is 4.69. The van der Waals surface area contributed by atoms with E-state index in [0.29, 0.717) is 36.5 Å². The van der Waals surface area contributed by atoms with E-state index in [1.54, 1.807) is 11.0 Å². The average molecular weight is 436 g/mol. The summed E-state index contributed by atoms with van der Waals surface area (Å²) in [5, 5.41) is 3.82. The Hall–Kier alpha value is -3.19. The first-order valence-corrected chi connectivity index (χ1v) is 11.0. The van der Waals surface area contributed by atoms with Crippen molar-refractivity contribution in [2.45, 2.75) is 37.4 Å². The minimum atomic E-state index is -0.350. The van der Waals surface area contributed by atoms with Crippen LogP contribution in [-0.2, 0) is 4.74 Å². The second kappa shape index (κ2) is 8.39. The third-order valence-corrected chi connectivity index (χ3v) is 6.53. The second-order valence-corrected chi connectivity index (χ2v) is 8.62. The van der Waals surface area contributed by atoms with E-state index in [1.165, 1.54) is 24.3 Å². The Balaban J connectivity index is 1.12. The van der Waals surface area contributed by atoms with Crippen LogP contribution in [0.1, 0.15) is 46.6 Å². The van der Waals surface area contributed by atoms with Gasteiger partial charge in [-0.05, 0) is 62.1 Å². The van der Waals surface area contributed by atoms with Gasteiger partial charge in [0.2, 0.25) is 0 Å². The lowest BCUT2D eigenvalue weighted by atomic mass is 9.88. The molecule has 1 atom stereocenters. The molecule has 0 bridgehead atoms. The molecule has 2 aliphatic rings. The highest BCUT2D eigenvalue weighted by Gasteiger charge is 2.43. The zero-order valence-corrected chi connectivity index (χ0v) is 17.7. The molecule has 3 aromatic rings. The molecule has 32 heavy (non-hydrogen) atoms. The Morgan fingerprint density at radius 2 is 1.81 bits per heavy atom. The topological polar surface area (TPSA) is 71.8 Å². The van der Waals surface area contributed by atoms with Gasteiger partial charge in [0, 0.05) is 30.6 Å². The smallest absolute Gasteiger partial charge is 0.287 e. The van der Waals surface area contributed by atoms with E-state index in [9.17, 15) is 14.0 Å². The Morgan fingerprint density at radius 1 is 1.06 bits per heavy atom. The number of piperidine rings is 1. The van der Waals surface area contributed by atoms with Gasteiger partial charge in [0.15, 0.2) is 5.76 Å². The minimum absolute atomic E-state index is 0.0531.